The first-order valence-corrected chi connectivity index (χ1v) is 13.3. The predicted molar refractivity (Wildman–Crippen MR) is 152 cm³/mol. The van der Waals surface area contributed by atoms with Crippen molar-refractivity contribution in [3.8, 4) is 22.6 Å². The zero-order chi connectivity index (χ0) is 27.7. The number of esters is 2. The lowest BCUT2D eigenvalue weighted by Gasteiger charge is -2.33. The van der Waals surface area contributed by atoms with Gasteiger partial charge in [0.2, 0.25) is 0 Å². The van der Waals surface area contributed by atoms with Gasteiger partial charge in [0, 0.05) is 33.3 Å². The van der Waals surface area contributed by atoms with Crippen LogP contribution in [-0.2, 0) is 11.3 Å². The quantitative estimate of drug-likeness (QED) is 0.191. The number of hydrogen-bond donors (Lipinski definition) is 1. The Hall–Kier alpha value is -4.30. The predicted octanol–water partition coefficient (Wildman–Crippen LogP) is 7.51. The minimum atomic E-state index is -0.529. The van der Waals surface area contributed by atoms with E-state index in [0.29, 0.717) is 21.9 Å². The Kier molecular flexibility index (Phi) is 7.06. The van der Waals surface area contributed by atoms with Crippen LogP contribution < -0.4 is 14.8 Å². The molecule has 4 aromatic rings. The van der Waals surface area contributed by atoms with E-state index in [1.54, 1.807) is 25.3 Å². The van der Waals surface area contributed by atoms with Gasteiger partial charge >= 0.3 is 11.9 Å². The van der Waals surface area contributed by atoms with Crippen molar-refractivity contribution >= 4 is 34.5 Å². The van der Waals surface area contributed by atoms with Crippen LogP contribution in [0.25, 0.3) is 16.7 Å². The van der Waals surface area contributed by atoms with E-state index in [0.717, 1.165) is 38.4 Å². The fourth-order valence-corrected chi connectivity index (χ4v) is 5.62. The highest BCUT2D eigenvalue weighted by molar-refractivity contribution is 7.13. The number of rotatable bonds is 7. The molecule has 0 spiro atoms. The number of methoxy groups -OCH3 is 1. The molecule has 7 nitrogen and oxygen atoms in total. The number of furan rings is 1. The van der Waals surface area contributed by atoms with Crippen molar-refractivity contribution in [1.29, 1.82) is 0 Å². The zero-order valence-corrected chi connectivity index (χ0v) is 23.2. The maximum absolute atomic E-state index is 12.9. The van der Waals surface area contributed by atoms with Crippen LogP contribution in [0.2, 0.25) is 0 Å². The number of carbonyl (C=O) groups excluding carboxylic acids is 2. The summed E-state index contributed by atoms with van der Waals surface area (Å²) >= 11 is 1.41. The molecule has 200 valence electrons. The number of aryl methyl sites for hydroxylation is 1. The minimum Gasteiger partial charge on any atom is -0.496 e. The summed E-state index contributed by atoms with van der Waals surface area (Å²) in [6.07, 6.45) is 4.91. The lowest BCUT2D eigenvalue weighted by molar-refractivity contribution is 0.0478. The topological polar surface area (TPSA) is 87.0 Å². The summed E-state index contributed by atoms with van der Waals surface area (Å²) in [6.45, 7) is 8.31. The van der Waals surface area contributed by atoms with Gasteiger partial charge in [-0.05, 0) is 75.2 Å². The molecular weight excluding hydrogens is 514 g/mol. The summed E-state index contributed by atoms with van der Waals surface area (Å²) in [6, 6.07) is 14.5. The third-order valence-electron chi connectivity index (χ3n) is 6.46. The van der Waals surface area contributed by atoms with E-state index in [4.69, 9.17) is 18.6 Å². The second-order valence-corrected chi connectivity index (χ2v) is 11.2. The number of carbonyl (C=O) groups is 2. The summed E-state index contributed by atoms with van der Waals surface area (Å²) in [5.41, 5.74) is 5.60. The van der Waals surface area contributed by atoms with Crippen LogP contribution in [0.5, 0.6) is 11.5 Å². The molecule has 1 aliphatic heterocycles. The van der Waals surface area contributed by atoms with Gasteiger partial charge in [-0.1, -0.05) is 12.1 Å². The smallest absolute Gasteiger partial charge is 0.348 e. The molecule has 8 heteroatoms. The molecule has 0 amide bonds. The Bertz CT molecular complexity index is 1580. The van der Waals surface area contributed by atoms with Crippen molar-refractivity contribution in [1.82, 2.24) is 0 Å². The minimum absolute atomic E-state index is 0.0714. The van der Waals surface area contributed by atoms with Crippen LogP contribution in [0, 0.1) is 6.92 Å². The summed E-state index contributed by atoms with van der Waals surface area (Å²) in [7, 11) is 1.56. The monoisotopic (exact) mass is 543 g/mol. The van der Waals surface area contributed by atoms with Crippen LogP contribution in [0.1, 0.15) is 56.8 Å². The first-order valence-electron chi connectivity index (χ1n) is 12.5. The molecule has 0 aliphatic carbocycles. The number of ether oxygens (including phenoxy) is 3. The molecule has 1 aliphatic rings. The van der Waals surface area contributed by atoms with E-state index in [9.17, 15) is 9.59 Å². The second kappa shape index (κ2) is 10.5. The van der Waals surface area contributed by atoms with Gasteiger partial charge < -0.3 is 23.9 Å². The molecule has 5 rings (SSSR count). The van der Waals surface area contributed by atoms with Gasteiger partial charge in [0.05, 0.1) is 24.5 Å². The number of anilines is 1. The van der Waals surface area contributed by atoms with Gasteiger partial charge in [-0.25, -0.2) is 9.59 Å². The molecule has 1 N–H and O–H groups in total. The number of fused-ring (bicyclic) bond motifs is 1. The first-order chi connectivity index (χ1) is 18.6. The highest BCUT2D eigenvalue weighted by atomic mass is 32.1. The average Bonchev–Trinajstić information content (AvgIpc) is 3.58. The largest absolute Gasteiger partial charge is 0.496 e. The normalized spacial score (nSPS) is 13.6. The van der Waals surface area contributed by atoms with Crippen molar-refractivity contribution < 1.29 is 28.2 Å². The Morgan fingerprint density at radius 2 is 1.79 bits per heavy atom. The van der Waals surface area contributed by atoms with Crippen LogP contribution in [0.4, 0.5) is 5.69 Å². The van der Waals surface area contributed by atoms with Gasteiger partial charge in [0.15, 0.2) is 0 Å². The maximum Gasteiger partial charge on any atom is 0.348 e. The van der Waals surface area contributed by atoms with E-state index in [1.807, 2.05) is 31.2 Å². The van der Waals surface area contributed by atoms with Crippen molar-refractivity contribution in [3.63, 3.8) is 0 Å². The lowest BCUT2D eigenvalue weighted by Crippen LogP contribution is -2.32. The van der Waals surface area contributed by atoms with Gasteiger partial charge in [0.25, 0.3) is 0 Å². The highest BCUT2D eigenvalue weighted by Gasteiger charge is 2.27. The molecule has 0 saturated heterocycles. The molecule has 2 aromatic heterocycles. The third-order valence-corrected chi connectivity index (χ3v) is 7.44. The van der Waals surface area contributed by atoms with Gasteiger partial charge in [0.1, 0.15) is 29.2 Å². The van der Waals surface area contributed by atoms with Crippen LogP contribution in [-0.4, -0.2) is 24.6 Å². The van der Waals surface area contributed by atoms with E-state index >= 15 is 0 Å². The van der Waals surface area contributed by atoms with Crippen molar-refractivity contribution in [2.75, 3.05) is 12.4 Å². The van der Waals surface area contributed by atoms with Gasteiger partial charge in [-0.3, -0.25) is 0 Å². The van der Waals surface area contributed by atoms with Gasteiger partial charge in [-0.2, -0.15) is 0 Å². The van der Waals surface area contributed by atoms with E-state index in [2.05, 4.69) is 32.2 Å². The van der Waals surface area contributed by atoms with E-state index < -0.39 is 5.97 Å². The maximum atomic E-state index is 12.9. The summed E-state index contributed by atoms with van der Waals surface area (Å²) in [4.78, 5) is 26.9. The van der Waals surface area contributed by atoms with Crippen LogP contribution in [0.3, 0.4) is 0 Å². The fraction of sp³-hybridized carbons (Fsp3) is 0.226. The van der Waals surface area contributed by atoms with E-state index in [1.165, 1.54) is 29.9 Å². The fourth-order valence-electron chi connectivity index (χ4n) is 4.86. The molecular formula is C31H29NO6S. The molecule has 0 bridgehead atoms. The van der Waals surface area contributed by atoms with Crippen molar-refractivity contribution in [3.05, 3.63) is 93.6 Å². The standard InChI is InChI=1S/C31H29NO6S/c1-18-15-31(3,4)32-25-10-9-22(24(28(18)25)17-37-30(34)27-11-6-19(2)39-27)23-8-7-21(14-26(23)35-5)38-29(33)20-12-13-36-16-20/h6-16,32H,17H2,1-5H3. The molecule has 0 unspecified atom stereocenters. The molecule has 0 atom stereocenters. The van der Waals surface area contributed by atoms with E-state index in [-0.39, 0.29) is 18.1 Å². The number of hydrogen-bond acceptors (Lipinski definition) is 8. The Labute approximate surface area is 231 Å². The average molecular weight is 544 g/mol. The summed E-state index contributed by atoms with van der Waals surface area (Å²) < 4.78 is 22.1. The molecule has 3 heterocycles. The number of benzene rings is 2. The van der Waals surface area contributed by atoms with Crippen LogP contribution in [0.15, 0.2) is 71.6 Å². The summed E-state index contributed by atoms with van der Waals surface area (Å²) in [5.74, 6) is -0.0472. The van der Waals surface area contributed by atoms with Crippen LogP contribution >= 0.6 is 11.3 Å². The Morgan fingerprint density at radius 1 is 1.00 bits per heavy atom. The lowest BCUT2D eigenvalue weighted by atomic mass is 9.85. The third kappa shape index (κ3) is 5.47. The highest BCUT2D eigenvalue weighted by Crippen LogP contribution is 2.43. The first kappa shape index (κ1) is 26.3. The Morgan fingerprint density at radius 3 is 2.49 bits per heavy atom. The second-order valence-electron chi connectivity index (χ2n) is 9.94. The SMILES string of the molecule is COc1cc(OC(=O)c2ccoc2)ccc1-c1ccc2c(c1COC(=O)c1ccc(C)s1)C(C)=CC(C)(C)N2. The molecule has 0 saturated carbocycles. The summed E-state index contributed by atoms with van der Waals surface area (Å²) in [5, 5.41) is 3.57. The number of allylic oxidation sites excluding steroid dienone is 1. The molecule has 2 aromatic carbocycles. The molecule has 0 radical (unpaired) electrons. The van der Waals surface area contributed by atoms with Crippen molar-refractivity contribution in [2.24, 2.45) is 0 Å². The van der Waals surface area contributed by atoms with Gasteiger partial charge in [-0.15, -0.1) is 11.3 Å². The molecule has 0 fully saturated rings. The Balaban J connectivity index is 1.54. The molecule has 39 heavy (non-hydrogen) atoms. The van der Waals surface area contributed by atoms with Crippen molar-refractivity contribution in [2.45, 2.75) is 39.8 Å². The number of nitrogens with one attached hydrogen (secondary N) is 1. The number of thiophene rings is 1. The zero-order valence-electron chi connectivity index (χ0n) is 22.4.